The van der Waals surface area contributed by atoms with Gasteiger partial charge in [0.2, 0.25) is 0 Å². The van der Waals surface area contributed by atoms with Crippen LogP contribution in [0.15, 0.2) is 0 Å². The minimum atomic E-state index is -0.276. The van der Waals surface area contributed by atoms with Crippen LogP contribution in [0, 0.1) is 34.5 Å². The minimum Gasteiger partial charge on any atom is -0.393 e. The van der Waals surface area contributed by atoms with Crippen molar-refractivity contribution >= 4 is 0 Å². The van der Waals surface area contributed by atoms with Gasteiger partial charge in [0.15, 0.2) is 0 Å². The molecule has 0 radical (unpaired) electrons. The summed E-state index contributed by atoms with van der Waals surface area (Å²) in [5.74, 6) is 1.42. The Kier molecular flexibility index (Phi) is 4.15. The fourth-order valence-electron chi connectivity index (χ4n) is 6.33. The van der Waals surface area contributed by atoms with Gasteiger partial charge < -0.3 is 15.3 Å². The predicted octanol–water partition coefficient (Wildman–Crippen LogP) is 2.97. The smallest absolute Gasteiger partial charge is 0.0599 e. The van der Waals surface area contributed by atoms with Gasteiger partial charge in [-0.15, -0.1) is 0 Å². The second-order valence-corrected chi connectivity index (χ2v) is 9.02. The van der Waals surface area contributed by atoms with Gasteiger partial charge in [-0.3, -0.25) is 0 Å². The second-order valence-electron chi connectivity index (χ2n) is 9.02. The molecular formula is C19H34O3. The molecule has 9 unspecified atom stereocenters. The fraction of sp³-hybridized carbons (Fsp3) is 1.00. The Balaban J connectivity index is 1.95. The van der Waals surface area contributed by atoms with Gasteiger partial charge >= 0.3 is 0 Å². The van der Waals surface area contributed by atoms with Crippen molar-refractivity contribution in [2.24, 2.45) is 34.5 Å². The summed E-state index contributed by atoms with van der Waals surface area (Å²) in [6.45, 7) is 8.97. The molecule has 0 bridgehead atoms. The number of rotatable bonds is 1. The first-order chi connectivity index (χ1) is 10.2. The lowest BCUT2D eigenvalue weighted by Crippen LogP contribution is -2.61. The molecule has 0 aromatic rings. The van der Waals surface area contributed by atoms with Crippen LogP contribution in [0.5, 0.6) is 0 Å². The first kappa shape index (κ1) is 16.7. The zero-order chi connectivity index (χ0) is 16.3. The molecule has 128 valence electrons. The summed E-state index contributed by atoms with van der Waals surface area (Å²) in [7, 11) is 0. The number of aliphatic hydroxyl groups excluding tert-OH is 3. The maximum atomic E-state index is 10.9. The number of aliphatic hydroxyl groups is 3. The van der Waals surface area contributed by atoms with Gasteiger partial charge in [-0.2, -0.15) is 0 Å². The van der Waals surface area contributed by atoms with E-state index in [2.05, 4.69) is 27.7 Å². The molecule has 0 aromatic heterocycles. The average molecular weight is 310 g/mol. The normalized spacial score (nSPS) is 58.8. The molecule has 3 aliphatic carbocycles. The van der Waals surface area contributed by atoms with Crippen LogP contribution in [-0.4, -0.2) is 33.6 Å². The summed E-state index contributed by atoms with van der Waals surface area (Å²) < 4.78 is 0. The molecule has 0 heterocycles. The third-order valence-electron chi connectivity index (χ3n) is 8.41. The summed E-state index contributed by atoms with van der Waals surface area (Å²) in [6.07, 6.45) is 4.60. The van der Waals surface area contributed by atoms with Gasteiger partial charge in [-0.05, 0) is 73.0 Å². The summed E-state index contributed by atoms with van der Waals surface area (Å²) in [4.78, 5) is 0. The van der Waals surface area contributed by atoms with Crippen LogP contribution in [-0.2, 0) is 0 Å². The SMILES string of the molecule is CCC1(C)C(O)CC2C(C(O)CC3CC(O)CCC32C)C1C. The Morgan fingerprint density at radius 3 is 2.36 bits per heavy atom. The van der Waals surface area contributed by atoms with Crippen molar-refractivity contribution in [3.8, 4) is 0 Å². The van der Waals surface area contributed by atoms with Crippen molar-refractivity contribution in [2.75, 3.05) is 0 Å². The number of fused-ring (bicyclic) bond motifs is 3. The Morgan fingerprint density at radius 1 is 1.05 bits per heavy atom. The third-order valence-corrected chi connectivity index (χ3v) is 8.41. The predicted molar refractivity (Wildman–Crippen MR) is 87.2 cm³/mol. The topological polar surface area (TPSA) is 60.7 Å². The van der Waals surface area contributed by atoms with Crippen LogP contribution in [0.2, 0.25) is 0 Å². The van der Waals surface area contributed by atoms with E-state index in [0.29, 0.717) is 23.7 Å². The van der Waals surface area contributed by atoms with Gasteiger partial charge in [0.05, 0.1) is 18.3 Å². The average Bonchev–Trinajstić information content (AvgIpc) is 2.47. The van der Waals surface area contributed by atoms with E-state index in [1.807, 2.05) is 0 Å². The Morgan fingerprint density at radius 2 is 1.73 bits per heavy atom. The monoisotopic (exact) mass is 310 g/mol. The molecule has 0 saturated heterocycles. The first-order valence-corrected chi connectivity index (χ1v) is 9.28. The molecule has 3 saturated carbocycles. The van der Waals surface area contributed by atoms with E-state index in [1.54, 1.807) is 0 Å². The summed E-state index contributed by atoms with van der Waals surface area (Å²) >= 11 is 0. The Labute approximate surface area is 135 Å². The summed E-state index contributed by atoms with van der Waals surface area (Å²) in [5.41, 5.74) is 0.0902. The summed E-state index contributed by atoms with van der Waals surface area (Å²) in [5, 5.41) is 31.8. The fourth-order valence-corrected chi connectivity index (χ4v) is 6.33. The van der Waals surface area contributed by atoms with Crippen molar-refractivity contribution in [3.05, 3.63) is 0 Å². The highest BCUT2D eigenvalue weighted by molar-refractivity contribution is 5.09. The van der Waals surface area contributed by atoms with Crippen molar-refractivity contribution in [1.29, 1.82) is 0 Å². The second kappa shape index (κ2) is 5.46. The van der Waals surface area contributed by atoms with Crippen LogP contribution in [0.1, 0.15) is 66.2 Å². The molecule has 0 spiro atoms. The Hall–Kier alpha value is -0.120. The molecule has 3 heteroatoms. The quantitative estimate of drug-likeness (QED) is 0.698. The van der Waals surface area contributed by atoms with E-state index >= 15 is 0 Å². The molecule has 22 heavy (non-hydrogen) atoms. The van der Waals surface area contributed by atoms with Crippen molar-refractivity contribution in [3.63, 3.8) is 0 Å². The van der Waals surface area contributed by atoms with Crippen LogP contribution in [0.3, 0.4) is 0 Å². The van der Waals surface area contributed by atoms with Crippen LogP contribution in [0.25, 0.3) is 0 Å². The van der Waals surface area contributed by atoms with Gasteiger partial charge in [0.1, 0.15) is 0 Å². The summed E-state index contributed by atoms with van der Waals surface area (Å²) in [6, 6.07) is 0. The zero-order valence-electron chi connectivity index (χ0n) is 14.6. The molecule has 0 aromatic carbocycles. The van der Waals surface area contributed by atoms with Crippen molar-refractivity contribution in [1.82, 2.24) is 0 Å². The lowest BCUT2D eigenvalue weighted by atomic mass is 9.43. The van der Waals surface area contributed by atoms with Crippen LogP contribution < -0.4 is 0 Å². The third kappa shape index (κ3) is 2.19. The largest absolute Gasteiger partial charge is 0.393 e. The van der Waals surface area contributed by atoms with E-state index in [-0.39, 0.29) is 29.1 Å². The van der Waals surface area contributed by atoms with Crippen LogP contribution in [0.4, 0.5) is 0 Å². The molecule has 0 amide bonds. The molecule has 0 aliphatic heterocycles. The van der Waals surface area contributed by atoms with Crippen molar-refractivity contribution in [2.45, 2.75) is 84.5 Å². The van der Waals surface area contributed by atoms with Gasteiger partial charge in [0.25, 0.3) is 0 Å². The van der Waals surface area contributed by atoms with E-state index in [1.165, 1.54) is 0 Å². The molecule has 3 nitrogen and oxygen atoms in total. The standard InChI is InChI=1S/C19H34O3/c1-5-18(3)11(2)17-14(10-16(18)22)19(4)7-6-13(20)8-12(19)9-15(17)21/h11-17,20-22H,5-10H2,1-4H3. The highest BCUT2D eigenvalue weighted by Gasteiger charge is 2.60. The first-order valence-electron chi connectivity index (χ1n) is 9.28. The lowest BCUT2D eigenvalue weighted by molar-refractivity contribution is -0.201. The molecule has 3 rings (SSSR count). The van der Waals surface area contributed by atoms with Crippen molar-refractivity contribution < 1.29 is 15.3 Å². The van der Waals surface area contributed by atoms with E-state index in [9.17, 15) is 15.3 Å². The maximum Gasteiger partial charge on any atom is 0.0599 e. The lowest BCUT2D eigenvalue weighted by Gasteiger charge is -2.63. The zero-order valence-corrected chi connectivity index (χ0v) is 14.6. The minimum absolute atomic E-state index is 0.0838. The van der Waals surface area contributed by atoms with Gasteiger partial charge in [-0.25, -0.2) is 0 Å². The highest BCUT2D eigenvalue weighted by Crippen LogP contribution is 2.63. The molecule has 9 atom stereocenters. The van der Waals surface area contributed by atoms with E-state index in [0.717, 1.165) is 38.5 Å². The molecule has 3 aliphatic rings. The molecule has 3 N–H and O–H groups in total. The molecule has 3 fully saturated rings. The number of hydrogen-bond acceptors (Lipinski definition) is 3. The highest BCUT2D eigenvalue weighted by atomic mass is 16.3. The van der Waals surface area contributed by atoms with Crippen LogP contribution >= 0.6 is 0 Å². The molecular weight excluding hydrogens is 276 g/mol. The van der Waals surface area contributed by atoms with Gasteiger partial charge in [-0.1, -0.05) is 27.7 Å². The van der Waals surface area contributed by atoms with E-state index in [4.69, 9.17) is 0 Å². The van der Waals surface area contributed by atoms with E-state index < -0.39 is 0 Å². The number of hydrogen-bond donors (Lipinski definition) is 3. The maximum absolute atomic E-state index is 10.9. The Bertz CT molecular complexity index is 425. The van der Waals surface area contributed by atoms with Gasteiger partial charge in [0, 0.05) is 0 Å².